The lowest BCUT2D eigenvalue weighted by Gasteiger charge is -2.27. The van der Waals surface area contributed by atoms with Crippen LogP contribution in [0.1, 0.15) is 0 Å². The third-order valence-electron chi connectivity index (χ3n) is 3.46. The monoisotopic (exact) mass is 270 g/mol. The molecule has 5 nitrogen and oxygen atoms in total. The van der Waals surface area contributed by atoms with Gasteiger partial charge in [-0.3, -0.25) is 0 Å². The standard InChI is InChI=1S/C15H18N4O/c1-20-14-4-2-12(3-5-14)13-10-17-15(18-11-13)19-8-6-16-7-9-19/h2-5,10-11,16H,6-9H2,1H3. The molecule has 1 N–H and O–H groups in total. The van der Waals surface area contributed by atoms with Crippen molar-refractivity contribution in [3.8, 4) is 16.9 Å². The summed E-state index contributed by atoms with van der Waals surface area (Å²) in [5.41, 5.74) is 2.11. The predicted octanol–water partition coefficient (Wildman–Crippen LogP) is 1.56. The summed E-state index contributed by atoms with van der Waals surface area (Å²) in [7, 11) is 1.67. The van der Waals surface area contributed by atoms with E-state index in [9.17, 15) is 0 Å². The highest BCUT2D eigenvalue weighted by Gasteiger charge is 2.12. The van der Waals surface area contributed by atoms with Crippen LogP contribution in [0.4, 0.5) is 5.95 Å². The van der Waals surface area contributed by atoms with E-state index in [0.717, 1.165) is 49.0 Å². The predicted molar refractivity (Wildman–Crippen MR) is 79.1 cm³/mol. The van der Waals surface area contributed by atoms with E-state index in [1.807, 2.05) is 36.7 Å². The Bertz CT molecular complexity index is 547. The molecule has 0 saturated carbocycles. The highest BCUT2D eigenvalue weighted by atomic mass is 16.5. The SMILES string of the molecule is COc1ccc(-c2cnc(N3CCNCC3)nc2)cc1. The zero-order valence-corrected chi connectivity index (χ0v) is 11.5. The van der Waals surface area contributed by atoms with Gasteiger partial charge in [0.1, 0.15) is 5.75 Å². The van der Waals surface area contributed by atoms with Gasteiger partial charge in [-0.05, 0) is 17.7 Å². The van der Waals surface area contributed by atoms with E-state index in [4.69, 9.17) is 4.74 Å². The minimum atomic E-state index is 0.809. The zero-order chi connectivity index (χ0) is 13.8. The maximum Gasteiger partial charge on any atom is 0.225 e. The van der Waals surface area contributed by atoms with Crippen LogP contribution in [0.25, 0.3) is 11.1 Å². The second kappa shape index (κ2) is 5.88. The average molecular weight is 270 g/mol. The van der Waals surface area contributed by atoms with Gasteiger partial charge < -0.3 is 15.0 Å². The van der Waals surface area contributed by atoms with Crippen LogP contribution < -0.4 is 15.0 Å². The number of nitrogens with one attached hydrogen (secondary N) is 1. The van der Waals surface area contributed by atoms with Crippen molar-refractivity contribution in [2.75, 3.05) is 38.2 Å². The van der Waals surface area contributed by atoms with Gasteiger partial charge >= 0.3 is 0 Å². The van der Waals surface area contributed by atoms with E-state index in [0.29, 0.717) is 0 Å². The van der Waals surface area contributed by atoms with Crippen molar-refractivity contribution in [1.29, 1.82) is 0 Å². The summed E-state index contributed by atoms with van der Waals surface area (Å²) in [6.07, 6.45) is 3.76. The van der Waals surface area contributed by atoms with Crippen molar-refractivity contribution in [3.63, 3.8) is 0 Å². The summed E-state index contributed by atoms with van der Waals surface area (Å²) in [5.74, 6) is 1.66. The minimum absolute atomic E-state index is 0.809. The molecule has 20 heavy (non-hydrogen) atoms. The number of methoxy groups -OCH3 is 1. The first-order valence-corrected chi connectivity index (χ1v) is 6.79. The van der Waals surface area contributed by atoms with E-state index in [1.165, 1.54) is 0 Å². The first-order chi connectivity index (χ1) is 9.86. The molecule has 0 radical (unpaired) electrons. The number of hydrogen-bond donors (Lipinski definition) is 1. The molecular weight excluding hydrogens is 252 g/mol. The molecule has 0 spiro atoms. The number of nitrogens with zero attached hydrogens (tertiary/aromatic N) is 3. The number of aromatic nitrogens is 2. The molecule has 2 heterocycles. The first kappa shape index (κ1) is 12.9. The molecule has 0 amide bonds. The van der Waals surface area contributed by atoms with Gasteiger partial charge in [0.05, 0.1) is 7.11 Å². The van der Waals surface area contributed by atoms with Crippen molar-refractivity contribution >= 4 is 5.95 Å². The summed E-state index contributed by atoms with van der Waals surface area (Å²) in [6, 6.07) is 7.92. The highest BCUT2D eigenvalue weighted by Crippen LogP contribution is 2.22. The zero-order valence-electron chi connectivity index (χ0n) is 11.5. The molecule has 1 saturated heterocycles. The molecule has 1 aromatic carbocycles. The van der Waals surface area contributed by atoms with Crippen LogP contribution >= 0.6 is 0 Å². The van der Waals surface area contributed by atoms with E-state index < -0.39 is 0 Å². The Labute approximate surface area is 118 Å². The number of piperazine rings is 1. The van der Waals surface area contributed by atoms with Crippen molar-refractivity contribution in [2.24, 2.45) is 0 Å². The normalized spacial score (nSPS) is 15.2. The van der Waals surface area contributed by atoms with Crippen molar-refractivity contribution in [3.05, 3.63) is 36.7 Å². The van der Waals surface area contributed by atoms with Crippen LogP contribution in [0.2, 0.25) is 0 Å². The van der Waals surface area contributed by atoms with Gasteiger partial charge in [0.2, 0.25) is 5.95 Å². The Morgan fingerprint density at radius 3 is 2.25 bits per heavy atom. The second-order valence-electron chi connectivity index (χ2n) is 4.74. The largest absolute Gasteiger partial charge is 0.497 e. The van der Waals surface area contributed by atoms with Crippen molar-refractivity contribution in [1.82, 2.24) is 15.3 Å². The lowest BCUT2D eigenvalue weighted by atomic mass is 10.1. The molecule has 1 aliphatic heterocycles. The highest BCUT2D eigenvalue weighted by molar-refractivity contribution is 5.62. The van der Waals surface area contributed by atoms with Gasteiger partial charge in [-0.1, -0.05) is 12.1 Å². The van der Waals surface area contributed by atoms with Crippen LogP contribution in [-0.4, -0.2) is 43.3 Å². The van der Waals surface area contributed by atoms with Gasteiger partial charge in [0.15, 0.2) is 0 Å². The fourth-order valence-electron chi connectivity index (χ4n) is 2.28. The Morgan fingerprint density at radius 2 is 1.65 bits per heavy atom. The van der Waals surface area contributed by atoms with Crippen LogP contribution in [0.15, 0.2) is 36.7 Å². The quantitative estimate of drug-likeness (QED) is 0.917. The number of rotatable bonds is 3. The Kier molecular flexibility index (Phi) is 3.78. The molecule has 0 unspecified atom stereocenters. The summed E-state index contributed by atoms with van der Waals surface area (Å²) < 4.78 is 5.16. The first-order valence-electron chi connectivity index (χ1n) is 6.79. The molecule has 1 aliphatic rings. The van der Waals surface area contributed by atoms with Crippen molar-refractivity contribution < 1.29 is 4.74 Å². The van der Waals surface area contributed by atoms with Gasteiger partial charge in [-0.15, -0.1) is 0 Å². The molecule has 0 bridgehead atoms. The Morgan fingerprint density at radius 1 is 1.00 bits per heavy atom. The molecule has 1 fully saturated rings. The van der Waals surface area contributed by atoms with Gasteiger partial charge in [-0.2, -0.15) is 0 Å². The summed E-state index contributed by atoms with van der Waals surface area (Å²) in [4.78, 5) is 11.2. The molecule has 0 atom stereocenters. The maximum atomic E-state index is 5.16. The molecule has 1 aromatic heterocycles. The van der Waals surface area contributed by atoms with Crippen LogP contribution in [-0.2, 0) is 0 Å². The fraction of sp³-hybridized carbons (Fsp3) is 0.333. The van der Waals surface area contributed by atoms with Crippen molar-refractivity contribution in [2.45, 2.75) is 0 Å². The van der Waals surface area contributed by atoms with Gasteiger partial charge in [0, 0.05) is 44.1 Å². The fourth-order valence-corrected chi connectivity index (χ4v) is 2.28. The van der Waals surface area contributed by atoms with E-state index in [2.05, 4.69) is 20.2 Å². The molecular formula is C15H18N4O. The Hall–Kier alpha value is -2.14. The number of benzene rings is 1. The summed E-state index contributed by atoms with van der Waals surface area (Å²) in [5, 5.41) is 3.32. The molecule has 0 aliphatic carbocycles. The molecule has 2 aromatic rings. The van der Waals surface area contributed by atoms with E-state index in [-0.39, 0.29) is 0 Å². The molecule has 3 rings (SSSR count). The molecule has 5 heteroatoms. The topological polar surface area (TPSA) is 50.3 Å². The average Bonchev–Trinajstić information content (AvgIpc) is 2.56. The van der Waals surface area contributed by atoms with Crippen LogP contribution in [0, 0.1) is 0 Å². The third-order valence-corrected chi connectivity index (χ3v) is 3.46. The lowest BCUT2D eigenvalue weighted by Crippen LogP contribution is -2.44. The lowest BCUT2D eigenvalue weighted by molar-refractivity contribution is 0.415. The number of ether oxygens (including phenoxy) is 1. The minimum Gasteiger partial charge on any atom is -0.497 e. The van der Waals surface area contributed by atoms with Crippen LogP contribution in [0.3, 0.4) is 0 Å². The number of anilines is 1. The van der Waals surface area contributed by atoms with Gasteiger partial charge in [-0.25, -0.2) is 9.97 Å². The number of hydrogen-bond acceptors (Lipinski definition) is 5. The van der Waals surface area contributed by atoms with Gasteiger partial charge in [0.25, 0.3) is 0 Å². The summed E-state index contributed by atoms with van der Waals surface area (Å²) >= 11 is 0. The van der Waals surface area contributed by atoms with E-state index in [1.54, 1.807) is 7.11 Å². The third kappa shape index (κ3) is 2.72. The molecule has 104 valence electrons. The second-order valence-corrected chi connectivity index (χ2v) is 4.74. The van der Waals surface area contributed by atoms with E-state index >= 15 is 0 Å². The maximum absolute atomic E-state index is 5.16. The summed E-state index contributed by atoms with van der Waals surface area (Å²) in [6.45, 7) is 3.90. The van der Waals surface area contributed by atoms with Crippen LogP contribution in [0.5, 0.6) is 5.75 Å². The smallest absolute Gasteiger partial charge is 0.225 e. The Balaban J connectivity index is 1.77.